The molecule has 2 atom stereocenters. The van der Waals surface area contributed by atoms with Gasteiger partial charge >= 0.3 is 6.03 Å². The number of likely N-dealkylation sites (tertiary alicyclic amines) is 1. The lowest BCUT2D eigenvalue weighted by Crippen LogP contribution is -2.51. The average molecular weight is 305 g/mol. The molecule has 1 N–H and O–H groups in total. The number of nitrogens with zero attached hydrogens (tertiary/aromatic N) is 2. The van der Waals surface area contributed by atoms with Crippen LogP contribution in [0.25, 0.3) is 0 Å². The molecule has 1 heterocycles. The number of urea groups is 1. The maximum atomic E-state index is 12.4. The Balaban J connectivity index is 1.93. The van der Waals surface area contributed by atoms with Crippen LogP contribution in [0.4, 0.5) is 10.5 Å². The molecular weight excluding hydrogens is 278 g/mol. The summed E-state index contributed by atoms with van der Waals surface area (Å²) < 4.78 is 5.12. The average Bonchev–Trinajstić information content (AvgIpc) is 2.54. The van der Waals surface area contributed by atoms with Crippen LogP contribution >= 0.6 is 0 Å². The Hall–Kier alpha value is -1.75. The van der Waals surface area contributed by atoms with Crippen molar-refractivity contribution < 1.29 is 9.53 Å². The number of piperidine rings is 1. The number of ether oxygens (including phenoxy) is 1. The van der Waals surface area contributed by atoms with Crippen molar-refractivity contribution in [1.29, 1.82) is 0 Å². The zero-order valence-corrected chi connectivity index (χ0v) is 14.0. The van der Waals surface area contributed by atoms with Gasteiger partial charge < -0.3 is 19.9 Å². The highest BCUT2D eigenvalue weighted by molar-refractivity contribution is 5.89. The third-order valence-electron chi connectivity index (χ3n) is 4.55. The minimum absolute atomic E-state index is 0.0491. The van der Waals surface area contributed by atoms with E-state index in [0.29, 0.717) is 12.0 Å². The van der Waals surface area contributed by atoms with Gasteiger partial charge in [0.1, 0.15) is 5.75 Å². The highest BCUT2D eigenvalue weighted by Crippen LogP contribution is 2.22. The van der Waals surface area contributed by atoms with Crippen molar-refractivity contribution in [2.24, 2.45) is 5.92 Å². The van der Waals surface area contributed by atoms with E-state index >= 15 is 0 Å². The molecule has 2 rings (SSSR count). The highest BCUT2D eigenvalue weighted by atomic mass is 16.5. The van der Waals surface area contributed by atoms with Crippen molar-refractivity contribution in [2.45, 2.75) is 26.3 Å². The van der Waals surface area contributed by atoms with E-state index in [4.69, 9.17) is 4.74 Å². The van der Waals surface area contributed by atoms with E-state index in [1.807, 2.05) is 36.2 Å². The fraction of sp³-hybridized carbons (Fsp3) is 0.588. The molecule has 1 aromatic rings. The summed E-state index contributed by atoms with van der Waals surface area (Å²) in [5, 5.41) is 2.95. The number of hydrogen-bond acceptors (Lipinski definition) is 3. The van der Waals surface area contributed by atoms with E-state index in [1.54, 1.807) is 7.11 Å². The summed E-state index contributed by atoms with van der Waals surface area (Å²) in [5.41, 5.74) is 0.788. The van der Waals surface area contributed by atoms with Gasteiger partial charge in [-0.3, -0.25) is 0 Å². The van der Waals surface area contributed by atoms with Crippen molar-refractivity contribution in [3.63, 3.8) is 0 Å². The molecule has 0 aromatic heterocycles. The third-order valence-corrected chi connectivity index (χ3v) is 4.55. The van der Waals surface area contributed by atoms with Crippen LogP contribution in [0.15, 0.2) is 24.3 Å². The van der Waals surface area contributed by atoms with Gasteiger partial charge in [-0.15, -0.1) is 0 Å². The smallest absolute Gasteiger partial charge is 0.321 e. The van der Waals surface area contributed by atoms with Crippen molar-refractivity contribution in [1.82, 2.24) is 9.80 Å². The fourth-order valence-electron chi connectivity index (χ4n) is 3.12. The molecule has 5 heteroatoms. The predicted octanol–water partition coefficient (Wildman–Crippen LogP) is 2.89. The van der Waals surface area contributed by atoms with Crippen molar-refractivity contribution in [2.75, 3.05) is 39.1 Å². The summed E-state index contributed by atoms with van der Waals surface area (Å²) in [7, 11) is 3.52. The normalized spacial score (nSPS) is 22.2. The molecule has 0 radical (unpaired) electrons. The van der Waals surface area contributed by atoms with E-state index in [1.165, 1.54) is 0 Å². The van der Waals surface area contributed by atoms with Gasteiger partial charge in [0.25, 0.3) is 0 Å². The second-order valence-electron chi connectivity index (χ2n) is 6.00. The first-order chi connectivity index (χ1) is 10.5. The molecule has 1 aromatic carbocycles. The van der Waals surface area contributed by atoms with E-state index in [2.05, 4.69) is 24.1 Å². The van der Waals surface area contributed by atoms with Crippen LogP contribution in [0.1, 0.15) is 20.3 Å². The number of carbonyl (C=O) groups is 1. The Morgan fingerprint density at radius 3 is 2.64 bits per heavy atom. The number of methoxy groups -OCH3 is 1. The molecule has 0 saturated carbocycles. The van der Waals surface area contributed by atoms with E-state index in [9.17, 15) is 4.79 Å². The molecule has 1 aliphatic rings. The largest absolute Gasteiger partial charge is 0.497 e. The van der Waals surface area contributed by atoms with Crippen LogP contribution in [-0.2, 0) is 0 Å². The third kappa shape index (κ3) is 3.91. The fourth-order valence-corrected chi connectivity index (χ4v) is 3.12. The topological polar surface area (TPSA) is 44.8 Å². The number of benzene rings is 1. The quantitative estimate of drug-likeness (QED) is 0.930. The van der Waals surface area contributed by atoms with Gasteiger partial charge in [-0.2, -0.15) is 0 Å². The summed E-state index contributed by atoms with van der Waals surface area (Å²) in [4.78, 5) is 16.7. The van der Waals surface area contributed by atoms with Crippen molar-refractivity contribution >= 4 is 11.7 Å². The molecule has 2 amide bonds. The summed E-state index contributed by atoms with van der Waals surface area (Å²) >= 11 is 0. The molecule has 5 nitrogen and oxygen atoms in total. The predicted molar refractivity (Wildman–Crippen MR) is 89.5 cm³/mol. The summed E-state index contributed by atoms with van der Waals surface area (Å²) in [5.74, 6) is 1.27. The van der Waals surface area contributed by atoms with Crippen molar-refractivity contribution in [3.05, 3.63) is 24.3 Å². The number of nitrogens with one attached hydrogen (secondary N) is 1. The van der Waals surface area contributed by atoms with Gasteiger partial charge in [0.05, 0.1) is 7.11 Å². The number of anilines is 1. The zero-order chi connectivity index (χ0) is 16.1. The maximum absolute atomic E-state index is 12.4. The van der Waals surface area contributed by atoms with Crippen LogP contribution in [0.3, 0.4) is 0 Å². The van der Waals surface area contributed by atoms with Gasteiger partial charge in [-0.05, 0) is 43.1 Å². The maximum Gasteiger partial charge on any atom is 0.321 e. The van der Waals surface area contributed by atoms with E-state index < -0.39 is 0 Å². The van der Waals surface area contributed by atoms with E-state index in [0.717, 1.165) is 37.5 Å². The van der Waals surface area contributed by atoms with Gasteiger partial charge in [-0.25, -0.2) is 4.79 Å². The van der Waals surface area contributed by atoms with Crippen LogP contribution in [0.5, 0.6) is 5.75 Å². The monoisotopic (exact) mass is 305 g/mol. The Kier molecular flexibility index (Phi) is 5.66. The van der Waals surface area contributed by atoms with Gasteiger partial charge in [0, 0.05) is 31.9 Å². The first-order valence-corrected chi connectivity index (χ1v) is 7.95. The van der Waals surface area contributed by atoms with Crippen LogP contribution in [0.2, 0.25) is 0 Å². The Bertz CT molecular complexity index is 489. The Morgan fingerprint density at radius 1 is 1.41 bits per heavy atom. The lowest BCUT2D eigenvalue weighted by molar-refractivity contribution is 0.101. The molecule has 0 aliphatic carbocycles. The van der Waals surface area contributed by atoms with Crippen LogP contribution in [-0.4, -0.2) is 55.7 Å². The highest BCUT2D eigenvalue weighted by Gasteiger charge is 2.30. The summed E-state index contributed by atoms with van der Waals surface area (Å²) in [6.45, 7) is 7.61. The van der Waals surface area contributed by atoms with Crippen LogP contribution < -0.4 is 10.1 Å². The minimum Gasteiger partial charge on any atom is -0.497 e. The minimum atomic E-state index is -0.0491. The number of carbonyl (C=O) groups excluding carboxylic acids is 1. The van der Waals surface area contributed by atoms with Gasteiger partial charge in [-0.1, -0.05) is 13.8 Å². The van der Waals surface area contributed by atoms with Crippen LogP contribution in [0, 0.1) is 5.92 Å². The molecule has 122 valence electrons. The zero-order valence-electron chi connectivity index (χ0n) is 14.0. The second-order valence-corrected chi connectivity index (χ2v) is 6.00. The van der Waals surface area contributed by atoms with Gasteiger partial charge in [0.15, 0.2) is 0 Å². The first-order valence-electron chi connectivity index (χ1n) is 7.95. The molecule has 1 aliphatic heterocycles. The van der Waals surface area contributed by atoms with E-state index in [-0.39, 0.29) is 6.03 Å². The molecule has 22 heavy (non-hydrogen) atoms. The first kappa shape index (κ1) is 16.6. The molecule has 1 fully saturated rings. The SMILES string of the molecule is CCN1CC[C@@H](N(C)C(=O)Nc2ccc(OC)cc2)[C@@H](C)C1. The lowest BCUT2D eigenvalue weighted by atomic mass is 9.93. The number of amides is 2. The number of hydrogen-bond donors (Lipinski definition) is 1. The summed E-state index contributed by atoms with van der Waals surface area (Å²) in [6.07, 6.45) is 1.03. The molecule has 0 bridgehead atoms. The number of rotatable bonds is 4. The summed E-state index contributed by atoms with van der Waals surface area (Å²) in [6, 6.07) is 7.64. The van der Waals surface area contributed by atoms with Crippen molar-refractivity contribution in [3.8, 4) is 5.75 Å². The molecule has 0 spiro atoms. The Morgan fingerprint density at radius 2 is 2.09 bits per heavy atom. The Labute approximate surface area is 133 Å². The molecular formula is C17H27N3O2. The second kappa shape index (κ2) is 7.49. The van der Waals surface area contributed by atoms with Gasteiger partial charge in [0.2, 0.25) is 0 Å². The molecule has 1 saturated heterocycles. The standard InChI is InChI=1S/C17H27N3O2/c1-5-20-11-10-16(13(2)12-20)19(3)17(21)18-14-6-8-15(22-4)9-7-14/h6-9,13,16H,5,10-12H2,1-4H3,(H,18,21)/t13-,16+/m0/s1. The lowest BCUT2D eigenvalue weighted by Gasteiger charge is -2.40. The molecule has 0 unspecified atom stereocenters.